The Hall–Kier alpha value is -1.82. The summed E-state index contributed by atoms with van der Waals surface area (Å²) in [7, 11) is 0. The van der Waals surface area contributed by atoms with E-state index < -0.39 is 0 Å². The quantitative estimate of drug-likeness (QED) is 0.833. The predicted octanol–water partition coefficient (Wildman–Crippen LogP) is 1.56. The Bertz CT molecular complexity index is 468. The summed E-state index contributed by atoms with van der Waals surface area (Å²) in [5, 5.41) is 11.5. The van der Waals surface area contributed by atoms with Crippen LogP contribution in [0.3, 0.4) is 0 Å². The summed E-state index contributed by atoms with van der Waals surface area (Å²) < 4.78 is 0. The maximum atomic E-state index is 10.8. The van der Waals surface area contributed by atoms with Gasteiger partial charge in [-0.3, -0.25) is 9.78 Å². The van der Waals surface area contributed by atoms with Gasteiger partial charge in [-0.2, -0.15) is 0 Å². The molecule has 0 aliphatic carbocycles. The number of rotatable bonds is 2. The Morgan fingerprint density at radius 1 is 1.40 bits per heavy atom. The van der Waals surface area contributed by atoms with Gasteiger partial charge in [0.1, 0.15) is 5.69 Å². The molecule has 0 radical (unpaired) electrons. The van der Waals surface area contributed by atoms with Crippen LogP contribution in [0.15, 0.2) is 24.4 Å². The van der Waals surface area contributed by atoms with E-state index in [4.69, 9.17) is 0 Å². The molecule has 76 valence electrons. The maximum absolute atomic E-state index is 10.8. The highest BCUT2D eigenvalue weighted by atomic mass is 32.1. The summed E-state index contributed by atoms with van der Waals surface area (Å²) >= 11 is 1.30. The zero-order valence-electron chi connectivity index (χ0n) is 7.97. The molecule has 0 aliphatic heterocycles. The van der Waals surface area contributed by atoms with Crippen molar-refractivity contribution in [2.24, 2.45) is 0 Å². The summed E-state index contributed by atoms with van der Waals surface area (Å²) in [5.41, 5.74) is 0.756. The Kier molecular flexibility index (Phi) is 2.68. The number of carbonyl (C=O) groups excluding carboxylic acids is 1. The van der Waals surface area contributed by atoms with Gasteiger partial charge < -0.3 is 5.32 Å². The molecule has 2 rings (SSSR count). The summed E-state index contributed by atoms with van der Waals surface area (Å²) in [6.45, 7) is 1.43. The summed E-state index contributed by atoms with van der Waals surface area (Å²) in [4.78, 5) is 14.9. The number of carbonyl (C=O) groups is 1. The molecule has 0 atom stereocenters. The van der Waals surface area contributed by atoms with Crippen LogP contribution in [-0.4, -0.2) is 21.1 Å². The van der Waals surface area contributed by atoms with Gasteiger partial charge in [0.15, 0.2) is 5.01 Å². The molecule has 0 aromatic carbocycles. The highest BCUT2D eigenvalue weighted by molar-refractivity contribution is 7.18. The van der Waals surface area contributed by atoms with Gasteiger partial charge in [0, 0.05) is 13.1 Å². The summed E-state index contributed by atoms with van der Waals surface area (Å²) in [6.07, 6.45) is 1.69. The number of nitrogens with one attached hydrogen (secondary N) is 1. The second-order valence-electron chi connectivity index (χ2n) is 2.81. The van der Waals surface area contributed by atoms with Crippen molar-refractivity contribution in [3.8, 4) is 10.7 Å². The predicted molar refractivity (Wildman–Crippen MR) is 57.4 cm³/mol. The fourth-order valence-electron chi connectivity index (χ4n) is 1.02. The molecule has 15 heavy (non-hydrogen) atoms. The van der Waals surface area contributed by atoms with Crippen LogP contribution < -0.4 is 5.32 Å². The van der Waals surface area contributed by atoms with E-state index in [1.54, 1.807) is 6.20 Å². The first-order valence-corrected chi connectivity index (χ1v) is 5.10. The van der Waals surface area contributed by atoms with E-state index in [1.165, 1.54) is 18.3 Å². The number of amides is 1. The minimum Gasteiger partial charge on any atom is -0.301 e. The van der Waals surface area contributed by atoms with Crippen molar-refractivity contribution in [3.63, 3.8) is 0 Å². The third-order valence-corrected chi connectivity index (χ3v) is 2.45. The molecule has 5 nitrogen and oxygen atoms in total. The minimum atomic E-state index is -0.154. The standard InChI is InChI=1S/C9H8N4OS/c1-6(14)11-9-13-12-8(15-9)7-4-2-3-5-10-7/h2-5H,1H3,(H,11,13,14). The molecule has 0 spiro atoms. The van der Waals surface area contributed by atoms with E-state index in [-0.39, 0.29) is 5.91 Å². The van der Waals surface area contributed by atoms with Crippen LogP contribution in [0.5, 0.6) is 0 Å². The molecule has 0 unspecified atom stereocenters. The number of aromatic nitrogens is 3. The van der Waals surface area contributed by atoms with E-state index >= 15 is 0 Å². The van der Waals surface area contributed by atoms with Crippen LogP contribution >= 0.6 is 11.3 Å². The highest BCUT2D eigenvalue weighted by Gasteiger charge is 2.07. The molecular formula is C9H8N4OS. The molecule has 2 heterocycles. The van der Waals surface area contributed by atoms with E-state index in [2.05, 4.69) is 20.5 Å². The molecule has 2 aromatic heterocycles. The molecule has 0 saturated carbocycles. The monoisotopic (exact) mass is 220 g/mol. The molecule has 1 N–H and O–H groups in total. The van der Waals surface area contributed by atoms with E-state index in [0.717, 1.165) is 5.69 Å². The normalized spacial score (nSPS) is 9.93. The van der Waals surface area contributed by atoms with E-state index in [9.17, 15) is 4.79 Å². The summed E-state index contributed by atoms with van der Waals surface area (Å²) in [6, 6.07) is 5.55. The first kappa shape index (κ1) is 9.72. The van der Waals surface area contributed by atoms with Crippen LogP contribution in [0.1, 0.15) is 6.92 Å². The lowest BCUT2D eigenvalue weighted by molar-refractivity contribution is -0.114. The average Bonchev–Trinajstić information content (AvgIpc) is 2.67. The molecule has 0 bridgehead atoms. The lowest BCUT2D eigenvalue weighted by atomic mass is 10.4. The number of hydrogen-bond acceptors (Lipinski definition) is 5. The second-order valence-corrected chi connectivity index (χ2v) is 3.79. The van der Waals surface area contributed by atoms with E-state index in [0.29, 0.717) is 10.1 Å². The minimum absolute atomic E-state index is 0.154. The van der Waals surface area contributed by atoms with Crippen molar-refractivity contribution in [1.82, 2.24) is 15.2 Å². The molecule has 6 heteroatoms. The van der Waals surface area contributed by atoms with Crippen molar-refractivity contribution in [3.05, 3.63) is 24.4 Å². The first-order valence-electron chi connectivity index (χ1n) is 4.28. The van der Waals surface area contributed by atoms with Crippen molar-refractivity contribution in [1.29, 1.82) is 0 Å². The van der Waals surface area contributed by atoms with Crippen molar-refractivity contribution < 1.29 is 4.79 Å². The molecular weight excluding hydrogens is 212 g/mol. The van der Waals surface area contributed by atoms with Gasteiger partial charge >= 0.3 is 0 Å². The van der Waals surface area contributed by atoms with Crippen LogP contribution in [0.4, 0.5) is 5.13 Å². The SMILES string of the molecule is CC(=O)Nc1nnc(-c2ccccn2)s1. The van der Waals surface area contributed by atoms with Crippen LogP contribution in [0, 0.1) is 0 Å². The number of nitrogens with zero attached hydrogens (tertiary/aromatic N) is 3. The number of anilines is 1. The first-order chi connectivity index (χ1) is 7.25. The number of hydrogen-bond donors (Lipinski definition) is 1. The average molecular weight is 220 g/mol. The lowest BCUT2D eigenvalue weighted by Gasteiger charge is -1.92. The van der Waals surface area contributed by atoms with Gasteiger partial charge in [-0.05, 0) is 12.1 Å². The largest absolute Gasteiger partial charge is 0.301 e. The van der Waals surface area contributed by atoms with Crippen LogP contribution in [0.25, 0.3) is 10.7 Å². The van der Waals surface area contributed by atoms with Crippen LogP contribution in [0.2, 0.25) is 0 Å². The lowest BCUT2D eigenvalue weighted by Crippen LogP contribution is -2.04. The molecule has 0 saturated heterocycles. The van der Waals surface area contributed by atoms with Gasteiger partial charge in [0.25, 0.3) is 0 Å². The molecule has 0 fully saturated rings. The third-order valence-electron chi connectivity index (χ3n) is 1.59. The number of pyridine rings is 1. The Labute approximate surface area is 90.2 Å². The fourth-order valence-corrected chi connectivity index (χ4v) is 1.78. The molecule has 0 aliphatic rings. The summed E-state index contributed by atoms with van der Waals surface area (Å²) in [5.74, 6) is -0.154. The highest BCUT2D eigenvalue weighted by Crippen LogP contribution is 2.23. The smallest absolute Gasteiger partial charge is 0.223 e. The van der Waals surface area contributed by atoms with Gasteiger partial charge in [-0.25, -0.2) is 0 Å². The van der Waals surface area contributed by atoms with Crippen molar-refractivity contribution in [2.45, 2.75) is 6.92 Å². The van der Waals surface area contributed by atoms with Crippen LogP contribution in [-0.2, 0) is 4.79 Å². The van der Waals surface area contributed by atoms with Gasteiger partial charge in [0.2, 0.25) is 11.0 Å². The zero-order chi connectivity index (χ0) is 10.7. The maximum Gasteiger partial charge on any atom is 0.223 e. The topological polar surface area (TPSA) is 67.8 Å². The Balaban J connectivity index is 2.24. The van der Waals surface area contributed by atoms with Gasteiger partial charge in [0.05, 0.1) is 0 Å². The Morgan fingerprint density at radius 3 is 2.93 bits per heavy atom. The third kappa shape index (κ3) is 2.35. The molecule has 1 amide bonds. The fraction of sp³-hybridized carbons (Fsp3) is 0.111. The second kappa shape index (κ2) is 4.14. The van der Waals surface area contributed by atoms with Gasteiger partial charge in [-0.15, -0.1) is 10.2 Å². The Morgan fingerprint density at radius 2 is 2.27 bits per heavy atom. The van der Waals surface area contributed by atoms with Crippen molar-refractivity contribution in [2.75, 3.05) is 5.32 Å². The molecule has 2 aromatic rings. The van der Waals surface area contributed by atoms with Crippen molar-refractivity contribution >= 4 is 22.4 Å². The van der Waals surface area contributed by atoms with Gasteiger partial charge in [-0.1, -0.05) is 17.4 Å². The van der Waals surface area contributed by atoms with E-state index in [1.807, 2.05) is 18.2 Å². The zero-order valence-corrected chi connectivity index (χ0v) is 8.78.